The van der Waals surface area contributed by atoms with Crippen molar-refractivity contribution in [2.24, 2.45) is 0 Å². The third kappa shape index (κ3) is 30.8. The van der Waals surface area contributed by atoms with Crippen LogP contribution in [0, 0.1) is 0 Å². The van der Waals surface area contributed by atoms with Gasteiger partial charge in [0, 0.05) is 6.04 Å². The molecule has 0 amide bonds. The van der Waals surface area contributed by atoms with E-state index in [-0.39, 0.29) is 0 Å². The van der Waals surface area contributed by atoms with Gasteiger partial charge in [-0.2, -0.15) is 8.42 Å². The molecule has 2 N–H and O–H groups in total. The highest BCUT2D eigenvalue weighted by atomic mass is 32.3. The van der Waals surface area contributed by atoms with Crippen LogP contribution in [-0.4, -0.2) is 42.6 Å². The first-order valence-corrected chi connectivity index (χ1v) is 12.5. The fourth-order valence-corrected chi connectivity index (χ4v) is 3.33. The molecule has 0 spiro atoms. The summed E-state index contributed by atoms with van der Waals surface area (Å²) in [5.74, 6) is 0. The summed E-state index contributed by atoms with van der Waals surface area (Å²) in [6.07, 6.45) is 22.9. The normalized spacial score (nSPS) is 12.7. The Hall–Kier alpha value is -0.170. The molecule has 6 heteroatoms. The number of nitrogens with zero attached hydrogens (tertiary/aromatic N) is 1. The summed E-state index contributed by atoms with van der Waals surface area (Å²) in [6, 6.07) is 0.825. The van der Waals surface area contributed by atoms with Crippen LogP contribution in [0.15, 0.2) is 0 Å². The number of unbranched alkanes of at least 4 members (excludes halogenated alkanes) is 12. The molecule has 0 aliphatic heterocycles. The fraction of sp³-hybridized carbons (Fsp3) is 1.00. The molecule has 0 heterocycles. The predicted octanol–water partition coefficient (Wildman–Crippen LogP) is 6.55. The summed E-state index contributed by atoms with van der Waals surface area (Å²) >= 11 is 0. The van der Waals surface area contributed by atoms with E-state index in [1.165, 1.54) is 103 Å². The molecule has 166 valence electrons. The summed E-state index contributed by atoms with van der Waals surface area (Å²) in [4.78, 5) is 2.46. The summed E-state index contributed by atoms with van der Waals surface area (Å²) in [5, 5.41) is 0. The van der Waals surface area contributed by atoms with E-state index in [1.54, 1.807) is 0 Å². The minimum atomic E-state index is -4.67. The molecule has 0 rings (SSSR count). The van der Waals surface area contributed by atoms with Gasteiger partial charge in [-0.25, -0.2) is 0 Å². The Morgan fingerprint density at radius 1 is 0.630 bits per heavy atom. The second-order valence-electron chi connectivity index (χ2n) is 7.89. The lowest BCUT2D eigenvalue weighted by Crippen LogP contribution is -2.27. The van der Waals surface area contributed by atoms with Crippen molar-refractivity contribution >= 4 is 10.4 Å². The maximum Gasteiger partial charge on any atom is 0.394 e. The summed E-state index contributed by atoms with van der Waals surface area (Å²) < 4.78 is 31.6. The molecule has 0 saturated heterocycles. The molecule has 0 aromatic rings. The van der Waals surface area contributed by atoms with Crippen molar-refractivity contribution in [1.29, 1.82) is 0 Å². The average Bonchev–Trinajstić information content (AvgIpc) is 2.56. The van der Waals surface area contributed by atoms with Gasteiger partial charge in [0.1, 0.15) is 0 Å². The Balaban J connectivity index is 0. The largest absolute Gasteiger partial charge is 0.394 e. The molecule has 0 radical (unpaired) electrons. The maximum absolute atomic E-state index is 8.74. The van der Waals surface area contributed by atoms with E-state index >= 15 is 0 Å². The Morgan fingerprint density at radius 2 is 0.889 bits per heavy atom. The van der Waals surface area contributed by atoms with Crippen LogP contribution in [0.3, 0.4) is 0 Å². The van der Waals surface area contributed by atoms with E-state index in [4.69, 9.17) is 17.5 Å². The second-order valence-corrected chi connectivity index (χ2v) is 8.78. The Kier molecular flexibility index (Phi) is 22.1. The summed E-state index contributed by atoms with van der Waals surface area (Å²) in [7, 11) is -0.137. The first-order valence-electron chi connectivity index (χ1n) is 11.1. The monoisotopic (exact) mass is 409 g/mol. The van der Waals surface area contributed by atoms with Crippen molar-refractivity contribution in [3.63, 3.8) is 0 Å². The molecular weight excluding hydrogens is 362 g/mol. The molecule has 0 aromatic carbocycles. The molecule has 1 atom stereocenters. The van der Waals surface area contributed by atoms with Crippen LogP contribution in [-0.2, 0) is 10.4 Å². The number of rotatable bonds is 17. The van der Waals surface area contributed by atoms with Crippen molar-refractivity contribution in [3.05, 3.63) is 0 Å². The van der Waals surface area contributed by atoms with Gasteiger partial charge in [0.05, 0.1) is 0 Å². The fourth-order valence-electron chi connectivity index (χ4n) is 3.33. The lowest BCUT2D eigenvalue weighted by atomic mass is 9.99. The van der Waals surface area contributed by atoms with Gasteiger partial charge in [-0.3, -0.25) is 9.11 Å². The molecule has 0 aromatic heterocycles. The van der Waals surface area contributed by atoms with Gasteiger partial charge in [-0.05, 0) is 26.9 Å². The van der Waals surface area contributed by atoms with E-state index in [9.17, 15) is 0 Å². The molecule has 27 heavy (non-hydrogen) atoms. The van der Waals surface area contributed by atoms with E-state index in [1.807, 2.05) is 0 Å². The predicted molar refractivity (Wildman–Crippen MR) is 117 cm³/mol. The average molecular weight is 410 g/mol. The van der Waals surface area contributed by atoms with Crippen molar-refractivity contribution in [3.8, 4) is 0 Å². The zero-order valence-corrected chi connectivity index (χ0v) is 19.3. The van der Waals surface area contributed by atoms with Gasteiger partial charge >= 0.3 is 10.4 Å². The molecule has 0 saturated carbocycles. The van der Waals surface area contributed by atoms with Crippen molar-refractivity contribution in [2.75, 3.05) is 14.1 Å². The van der Waals surface area contributed by atoms with Gasteiger partial charge in [0.15, 0.2) is 0 Å². The van der Waals surface area contributed by atoms with Crippen LogP contribution in [0.5, 0.6) is 0 Å². The van der Waals surface area contributed by atoms with Gasteiger partial charge in [-0.1, -0.05) is 104 Å². The maximum atomic E-state index is 8.74. The Labute approximate surface area is 169 Å². The van der Waals surface area contributed by atoms with Crippen LogP contribution < -0.4 is 0 Å². The van der Waals surface area contributed by atoms with Gasteiger partial charge in [0.25, 0.3) is 0 Å². The van der Waals surface area contributed by atoms with E-state index in [2.05, 4.69) is 32.8 Å². The summed E-state index contributed by atoms with van der Waals surface area (Å²) in [5.41, 5.74) is 0. The third-order valence-electron chi connectivity index (χ3n) is 5.01. The van der Waals surface area contributed by atoms with Crippen LogP contribution in [0.25, 0.3) is 0 Å². The van der Waals surface area contributed by atoms with Crippen LogP contribution in [0.2, 0.25) is 0 Å². The molecule has 0 aliphatic rings. The van der Waals surface area contributed by atoms with Crippen LogP contribution in [0.4, 0.5) is 0 Å². The lowest BCUT2D eigenvalue weighted by Gasteiger charge is -2.24. The highest BCUT2D eigenvalue weighted by Gasteiger charge is 2.10. The highest BCUT2D eigenvalue weighted by molar-refractivity contribution is 7.79. The van der Waals surface area contributed by atoms with E-state index < -0.39 is 10.4 Å². The van der Waals surface area contributed by atoms with Crippen LogP contribution in [0.1, 0.15) is 117 Å². The van der Waals surface area contributed by atoms with Gasteiger partial charge < -0.3 is 4.90 Å². The van der Waals surface area contributed by atoms with E-state index in [0.717, 1.165) is 6.04 Å². The smallest absolute Gasteiger partial charge is 0.306 e. The number of hydrogen-bond donors (Lipinski definition) is 2. The Bertz CT molecular complexity index is 378. The molecule has 5 nitrogen and oxygen atoms in total. The SMILES string of the molecule is CCCCCCCCCCCCC(CCCCCC)N(C)C.O=S(=O)(O)O. The van der Waals surface area contributed by atoms with Crippen molar-refractivity contribution in [2.45, 2.75) is 123 Å². The topological polar surface area (TPSA) is 77.8 Å². The molecule has 1 unspecified atom stereocenters. The Morgan fingerprint density at radius 3 is 1.19 bits per heavy atom. The van der Waals surface area contributed by atoms with Gasteiger partial charge in [-0.15, -0.1) is 0 Å². The first kappa shape index (κ1) is 29.0. The molecule has 0 fully saturated rings. The van der Waals surface area contributed by atoms with Gasteiger partial charge in [0.2, 0.25) is 0 Å². The second kappa shape index (κ2) is 20.6. The first-order chi connectivity index (χ1) is 12.7. The lowest BCUT2D eigenvalue weighted by molar-refractivity contribution is 0.251. The number of hydrogen-bond acceptors (Lipinski definition) is 3. The van der Waals surface area contributed by atoms with E-state index in [0.29, 0.717) is 0 Å². The summed E-state index contributed by atoms with van der Waals surface area (Å²) in [6.45, 7) is 4.60. The molecule has 0 aliphatic carbocycles. The minimum absolute atomic E-state index is 0.825. The van der Waals surface area contributed by atoms with Crippen LogP contribution >= 0.6 is 0 Å². The molecular formula is C21H47NO4S. The van der Waals surface area contributed by atoms with Crippen molar-refractivity contribution < 1.29 is 17.5 Å². The minimum Gasteiger partial charge on any atom is -0.306 e. The zero-order chi connectivity index (χ0) is 21.0. The standard InChI is InChI=1S/C21H45N.H2O4S/c1-5-7-9-11-12-13-14-15-16-18-20-21(22(3)4)19-17-10-8-6-2;1-5(2,3)4/h21H,5-20H2,1-4H3;(H2,1,2,3,4). The quantitative estimate of drug-likeness (QED) is 0.210. The zero-order valence-electron chi connectivity index (χ0n) is 18.5. The van der Waals surface area contributed by atoms with Crippen molar-refractivity contribution in [1.82, 2.24) is 4.90 Å². The molecule has 0 bridgehead atoms. The third-order valence-corrected chi connectivity index (χ3v) is 5.01. The highest BCUT2D eigenvalue weighted by Crippen LogP contribution is 2.17.